The molecule has 1 saturated carbocycles. The van der Waals surface area contributed by atoms with Crippen molar-refractivity contribution in [3.8, 4) is 11.5 Å². The molecule has 0 aromatic heterocycles. The highest BCUT2D eigenvalue weighted by molar-refractivity contribution is 6.05. The molecule has 6 nitrogen and oxygen atoms in total. The maximum atomic E-state index is 13.1. The van der Waals surface area contributed by atoms with E-state index in [0.29, 0.717) is 18.8 Å². The molecule has 6 heteroatoms. The number of nitrogens with one attached hydrogen (secondary N) is 1. The van der Waals surface area contributed by atoms with E-state index in [1.165, 1.54) is 7.11 Å². The van der Waals surface area contributed by atoms with Crippen LogP contribution in [0.25, 0.3) is 0 Å². The summed E-state index contributed by atoms with van der Waals surface area (Å²) in [6.07, 6.45) is 3.93. The lowest BCUT2D eigenvalue weighted by Gasteiger charge is -2.34. The SMILES string of the molecule is CCOc1cccc(C2CCCCC2NC(=O)c2ccccc2C(=O)OC)c1OCC. The lowest BCUT2D eigenvalue weighted by Crippen LogP contribution is -2.41. The van der Waals surface area contributed by atoms with Gasteiger partial charge in [-0.25, -0.2) is 4.79 Å². The van der Waals surface area contributed by atoms with Crippen molar-refractivity contribution in [2.75, 3.05) is 20.3 Å². The van der Waals surface area contributed by atoms with Crippen LogP contribution >= 0.6 is 0 Å². The highest BCUT2D eigenvalue weighted by Crippen LogP contribution is 2.42. The van der Waals surface area contributed by atoms with Gasteiger partial charge in [-0.15, -0.1) is 0 Å². The Balaban J connectivity index is 1.90. The van der Waals surface area contributed by atoms with E-state index in [-0.39, 0.29) is 23.4 Å². The molecule has 3 rings (SSSR count). The highest BCUT2D eigenvalue weighted by Gasteiger charge is 2.32. The molecular formula is C25H31NO5. The van der Waals surface area contributed by atoms with Crippen molar-refractivity contribution >= 4 is 11.9 Å². The Morgan fingerprint density at radius 2 is 1.65 bits per heavy atom. The maximum Gasteiger partial charge on any atom is 0.338 e. The van der Waals surface area contributed by atoms with E-state index in [1.807, 2.05) is 26.0 Å². The average molecular weight is 426 g/mol. The van der Waals surface area contributed by atoms with Gasteiger partial charge in [-0.1, -0.05) is 37.1 Å². The third-order valence-corrected chi connectivity index (χ3v) is 5.66. The molecule has 2 aromatic carbocycles. The van der Waals surface area contributed by atoms with Gasteiger partial charge in [0.2, 0.25) is 0 Å². The number of carbonyl (C=O) groups is 2. The molecule has 1 aliphatic carbocycles. The number of methoxy groups -OCH3 is 1. The zero-order valence-electron chi connectivity index (χ0n) is 18.5. The first kappa shape index (κ1) is 22.7. The van der Waals surface area contributed by atoms with Crippen LogP contribution in [0.3, 0.4) is 0 Å². The van der Waals surface area contributed by atoms with Gasteiger partial charge in [-0.05, 0) is 44.9 Å². The summed E-state index contributed by atoms with van der Waals surface area (Å²) in [5.74, 6) is 0.803. The standard InChI is InChI=1S/C25H31NO5/c1-4-30-22-16-10-14-18(23(22)31-5-2)17-11-8-9-15-21(17)26-24(27)19-12-6-7-13-20(19)25(28)29-3/h6-7,10,12-14,16-17,21H,4-5,8-9,11,15H2,1-3H3,(H,26,27). The van der Waals surface area contributed by atoms with Gasteiger partial charge in [0, 0.05) is 17.5 Å². The molecule has 0 heterocycles. The van der Waals surface area contributed by atoms with Crippen LogP contribution in [-0.4, -0.2) is 38.2 Å². The molecule has 0 aliphatic heterocycles. The molecule has 2 atom stereocenters. The molecule has 1 amide bonds. The Hall–Kier alpha value is -3.02. The Kier molecular flexibility index (Phi) is 7.93. The molecule has 166 valence electrons. The van der Waals surface area contributed by atoms with Gasteiger partial charge in [-0.2, -0.15) is 0 Å². The average Bonchev–Trinajstić information content (AvgIpc) is 2.80. The molecule has 1 aliphatic rings. The fourth-order valence-corrected chi connectivity index (χ4v) is 4.28. The van der Waals surface area contributed by atoms with Crippen LogP contribution in [-0.2, 0) is 4.74 Å². The third-order valence-electron chi connectivity index (χ3n) is 5.66. The number of hydrogen-bond acceptors (Lipinski definition) is 5. The second-order valence-electron chi connectivity index (χ2n) is 7.55. The van der Waals surface area contributed by atoms with Crippen molar-refractivity contribution < 1.29 is 23.8 Å². The first-order chi connectivity index (χ1) is 15.1. The Bertz CT molecular complexity index is 911. The Morgan fingerprint density at radius 1 is 0.935 bits per heavy atom. The fourth-order valence-electron chi connectivity index (χ4n) is 4.28. The summed E-state index contributed by atoms with van der Waals surface area (Å²) in [6, 6.07) is 12.6. The molecule has 0 bridgehead atoms. The zero-order chi connectivity index (χ0) is 22.2. The van der Waals surface area contributed by atoms with Crippen molar-refractivity contribution in [2.45, 2.75) is 51.5 Å². The van der Waals surface area contributed by atoms with Crippen LogP contribution in [0.15, 0.2) is 42.5 Å². The lowest BCUT2D eigenvalue weighted by molar-refractivity contribution is 0.0596. The topological polar surface area (TPSA) is 73.9 Å². The molecule has 1 fully saturated rings. The summed E-state index contributed by atoms with van der Waals surface area (Å²) >= 11 is 0. The summed E-state index contributed by atoms with van der Waals surface area (Å²) in [4.78, 5) is 25.2. The number of amides is 1. The number of ether oxygens (including phenoxy) is 3. The summed E-state index contributed by atoms with van der Waals surface area (Å²) < 4.78 is 16.6. The summed E-state index contributed by atoms with van der Waals surface area (Å²) in [5.41, 5.74) is 1.65. The van der Waals surface area contributed by atoms with Gasteiger partial charge in [0.1, 0.15) is 0 Å². The number of hydrogen-bond donors (Lipinski definition) is 1. The van der Waals surface area contributed by atoms with Crippen molar-refractivity contribution in [2.24, 2.45) is 0 Å². The molecule has 0 spiro atoms. The monoisotopic (exact) mass is 425 g/mol. The third kappa shape index (κ3) is 5.19. The molecule has 0 saturated heterocycles. The van der Waals surface area contributed by atoms with Crippen molar-refractivity contribution in [3.63, 3.8) is 0 Å². The minimum Gasteiger partial charge on any atom is -0.490 e. The number of esters is 1. The first-order valence-electron chi connectivity index (χ1n) is 11.0. The van der Waals surface area contributed by atoms with Gasteiger partial charge >= 0.3 is 5.97 Å². The molecule has 1 N–H and O–H groups in total. The molecule has 0 radical (unpaired) electrons. The van der Waals surface area contributed by atoms with Crippen molar-refractivity contribution in [1.29, 1.82) is 0 Å². The van der Waals surface area contributed by atoms with Crippen LogP contribution in [0, 0.1) is 0 Å². The molecular weight excluding hydrogens is 394 g/mol. The van der Waals surface area contributed by atoms with Crippen molar-refractivity contribution in [3.05, 3.63) is 59.2 Å². The maximum absolute atomic E-state index is 13.1. The highest BCUT2D eigenvalue weighted by atomic mass is 16.5. The van der Waals surface area contributed by atoms with Gasteiger partial charge in [0.05, 0.1) is 31.5 Å². The van der Waals surface area contributed by atoms with E-state index in [4.69, 9.17) is 14.2 Å². The quantitative estimate of drug-likeness (QED) is 0.619. The predicted octanol–water partition coefficient (Wildman–Crippen LogP) is 4.73. The second-order valence-corrected chi connectivity index (χ2v) is 7.55. The van der Waals surface area contributed by atoms with Crippen LogP contribution in [0.5, 0.6) is 11.5 Å². The van der Waals surface area contributed by atoms with E-state index >= 15 is 0 Å². The van der Waals surface area contributed by atoms with Gasteiger partial charge < -0.3 is 19.5 Å². The Labute approximate surface area is 183 Å². The van der Waals surface area contributed by atoms with E-state index in [1.54, 1.807) is 24.3 Å². The summed E-state index contributed by atoms with van der Waals surface area (Å²) in [7, 11) is 1.31. The first-order valence-corrected chi connectivity index (χ1v) is 11.0. The van der Waals surface area contributed by atoms with Crippen LogP contribution in [0.2, 0.25) is 0 Å². The molecule has 31 heavy (non-hydrogen) atoms. The number of carbonyl (C=O) groups excluding carboxylic acids is 2. The summed E-state index contributed by atoms with van der Waals surface area (Å²) in [5, 5.41) is 3.18. The van der Waals surface area contributed by atoms with Crippen molar-refractivity contribution in [1.82, 2.24) is 5.32 Å². The van der Waals surface area contributed by atoms with E-state index < -0.39 is 5.97 Å². The second kappa shape index (κ2) is 10.8. The molecule has 2 unspecified atom stereocenters. The van der Waals surface area contributed by atoms with Gasteiger partial charge in [0.25, 0.3) is 5.91 Å². The largest absolute Gasteiger partial charge is 0.490 e. The minimum absolute atomic E-state index is 0.0666. The van der Waals surface area contributed by atoms with Gasteiger partial charge in [-0.3, -0.25) is 4.79 Å². The van der Waals surface area contributed by atoms with Crippen LogP contribution in [0.1, 0.15) is 71.7 Å². The lowest BCUT2D eigenvalue weighted by atomic mass is 9.79. The zero-order valence-corrected chi connectivity index (χ0v) is 18.5. The Morgan fingerprint density at radius 3 is 2.35 bits per heavy atom. The number of benzene rings is 2. The predicted molar refractivity (Wildman–Crippen MR) is 119 cm³/mol. The van der Waals surface area contributed by atoms with E-state index in [2.05, 4.69) is 11.4 Å². The normalized spacial score (nSPS) is 18.2. The number of para-hydroxylation sites is 1. The van der Waals surface area contributed by atoms with Crippen LogP contribution < -0.4 is 14.8 Å². The van der Waals surface area contributed by atoms with Gasteiger partial charge in [0.15, 0.2) is 11.5 Å². The van der Waals surface area contributed by atoms with E-state index in [9.17, 15) is 9.59 Å². The fraction of sp³-hybridized carbons (Fsp3) is 0.440. The van der Waals surface area contributed by atoms with Crippen LogP contribution in [0.4, 0.5) is 0 Å². The minimum atomic E-state index is -0.519. The van der Waals surface area contributed by atoms with E-state index in [0.717, 1.165) is 42.7 Å². The summed E-state index contributed by atoms with van der Waals surface area (Å²) in [6.45, 7) is 4.99. The molecule has 2 aromatic rings. The smallest absolute Gasteiger partial charge is 0.338 e. The number of rotatable bonds is 8.